The summed E-state index contributed by atoms with van der Waals surface area (Å²) in [5.74, 6) is -0.487. The van der Waals surface area contributed by atoms with Crippen molar-refractivity contribution in [1.29, 1.82) is 0 Å². The molecule has 17 heavy (non-hydrogen) atoms. The number of aromatic nitrogens is 1. The first-order chi connectivity index (χ1) is 7.88. The third-order valence-electron chi connectivity index (χ3n) is 2.59. The van der Waals surface area contributed by atoms with Crippen LogP contribution in [-0.2, 0) is 6.42 Å². The van der Waals surface area contributed by atoms with Crippen molar-refractivity contribution in [3.05, 3.63) is 35.8 Å². The predicted octanol–water partition coefficient (Wildman–Crippen LogP) is 2.74. The molecule has 0 saturated heterocycles. The van der Waals surface area contributed by atoms with E-state index in [2.05, 4.69) is 4.98 Å². The fourth-order valence-corrected chi connectivity index (χ4v) is 1.67. The number of aromatic amines is 1. The van der Waals surface area contributed by atoms with Crippen LogP contribution in [0.15, 0.2) is 24.4 Å². The first kappa shape index (κ1) is 11.9. The van der Waals surface area contributed by atoms with Crippen LogP contribution in [0.1, 0.15) is 5.56 Å². The lowest BCUT2D eigenvalue weighted by Gasteiger charge is -2.14. The molecule has 92 valence electrons. The van der Waals surface area contributed by atoms with Gasteiger partial charge in [-0.25, -0.2) is 4.39 Å². The van der Waals surface area contributed by atoms with Gasteiger partial charge >= 0.3 is 6.18 Å². The normalized spacial score (nSPS) is 14.2. The lowest BCUT2D eigenvalue weighted by molar-refractivity contribution is -0.147. The van der Waals surface area contributed by atoms with E-state index in [0.29, 0.717) is 16.5 Å². The van der Waals surface area contributed by atoms with Crippen molar-refractivity contribution in [2.24, 2.45) is 5.73 Å². The van der Waals surface area contributed by atoms with Crippen LogP contribution in [0.4, 0.5) is 17.6 Å². The largest absolute Gasteiger partial charge is 0.403 e. The number of H-pyrrole nitrogens is 1. The van der Waals surface area contributed by atoms with Gasteiger partial charge in [-0.3, -0.25) is 0 Å². The summed E-state index contributed by atoms with van der Waals surface area (Å²) in [4.78, 5) is 2.78. The van der Waals surface area contributed by atoms with Crippen molar-refractivity contribution in [2.45, 2.75) is 18.6 Å². The van der Waals surface area contributed by atoms with Gasteiger partial charge in [0, 0.05) is 17.1 Å². The van der Waals surface area contributed by atoms with Gasteiger partial charge in [-0.15, -0.1) is 0 Å². The maximum absolute atomic E-state index is 13.0. The molecule has 1 heterocycles. The number of fused-ring (bicyclic) bond motifs is 1. The lowest BCUT2D eigenvalue weighted by Crippen LogP contribution is -2.39. The number of hydrogen-bond acceptors (Lipinski definition) is 1. The molecule has 6 heteroatoms. The second kappa shape index (κ2) is 4.03. The zero-order valence-electron chi connectivity index (χ0n) is 8.68. The molecular weight excluding hydrogens is 236 g/mol. The quantitative estimate of drug-likeness (QED) is 0.786. The van der Waals surface area contributed by atoms with Crippen molar-refractivity contribution in [1.82, 2.24) is 4.98 Å². The zero-order valence-corrected chi connectivity index (χ0v) is 8.68. The van der Waals surface area contributed by atoms with Gasteiger partial charge < -0.3 is 10.7 Å². The highest BCUT2D eigenvalue weighted by Gasteiger charge is 2.36. The summed E-state index contributed by atoms with van der Waals surface area (Å²) in [5.41, 5.74) is 6.00. The Hall–Kier alpha value is -1.56. The molecule has 0 bridgehead atoms. The highest BCUT2D eigenvalue weighted by molar-refractivity contribution is 5.83. The summed E-state index contributed by atoms with van der Waals surface area (Å²) >= 11 is 0. The van der Waals surface area contributed by atoms with Crippen LogP contribution in [0.5, 0.6) is 0 Å². The Kier molecular flexibility index (Phi) is 2.82. The summed E-state index contributed by atoms with van der Waals surface area (Å²) in [6.07, 6.45) is -3.39. The third-order valence-corrected chi connectivity index (χ3v) is 2.59. The van der Waals surface area contributed by atoms with Crippen molar-refractivity contribution in [3.63, 3.8) is 0 Å². The smallest absolute Gasteiger partial charge is 0.361 e. The van der Waals surface area contributed by atoms with E-state index in [1.807, 2.05) is 0 Å². The molecule has 1 aromatic heterocycles. The monoisotopic (exact) mass is 246 g/mol. The molecule has 1 aromatic carbocycles. The summed E-state index contributed by atoms with van der Waals surface area (Å²) in [6.45, 7) is 0. The van der Waals surface area contributed by atoms with Gasteiger partial charge in [-0.1, -0.05) is 0 Å². The van der Waals surface area contributed by atoms with Gasteiger partial charge in [0.1, 0.15) is 11.9 Å². The molecule has 2 nitrogen and oxygen atoms in total. The van der Waals surface area contributed by atoms with Crippen molar-refractivity contribution in [3.8, 4) is 0 Å². The molecule has 0 fully saturated rings. The summed E-state index contributed by atoms with van der Waals surface area (Å²) in [5, 5.41) is 0.435. The molecule has 2 aromatic rings. The van der Waals surface area contributed by atoms with Crippen LogP contribution >= 0.6 is 0 Å². The highest BCUT2D eigenvalue weighted by Crippen LogP contribution is 2.25. The third kappa shape index (κ3) is 2.41. The van der Waals surface area contributed by atoms with Crippen molar-refractivity contribution >= 4 is 10.9 Å². The maximum Gasteiger partial charge on any atom is 0.403 e. The van der Waals surface area contributed by atoms with E-state index in [9.17, 15) is 17.6 Å². The lowest BCUT2D eigenvalue weighted by atomic mass is 10.1. The highest BCUT2D eigenvalue weighted by atomic mass is 19.4. The first-order valence-electron chi connectivity index (χ1n) is 4.96. The van der Waals surface area contributed by atoms with Gasteiger partial charge in [0.15, 0.2) is 0 Å². The Morgan fingerprint density at radius 2 is 2.00 bits per heavy atom. The Labute approximate surface area is 94.4 Å². The minimum absolute atomic E-state index is 0.365. The van der Waals surface area contributed by atoms with Gasteiger partial charge in [0.25, 0.3) is 0 Å². The van der Waals surface area contributed by atoms with E-state index < -0.39 is 18.0 Å². The van der Waals surface area contributed by atoms with Crippen molar-refractivity contribution < 1.29 is 17.6 Å². The molecule has 0 saturated carbocycles. The van der Waals surface area contributed by atoms with E-state index in [1.54, 1.807) is 0 Å². The number of hydrogen-bond donors (Lipinski definition) is 2. The second-order valence-corrected chi connectivity index (χ2v) is 3.86. The van der Waals surface area contributed by atoms with Crippen molar-refractivity contribution in [2.75, 3.05) is 0 Å². The van der Waals surface area contributed by atoms with E-state index in [0.717, 1.165) is 0 Å². The molecule has 0 radical (unpaired) electrons. The average molecular weight is 246 g/mol. The molecule has 3 N–H and O–H groups in total. The number of nitrogens with one attached hydrogen (secondary N) is 1. The fourth-order valence-electron chi connectivity index (χ4n) is 1.67. The van der Waals surface area contributed by atoms with Crippen LogP contribution in [0.2, 0.25) is 0 Å². The minimum Gasteiger partial charge on any atom is -0.361 e. The molecular formula is C11H10F4N2. The number of rotatable bonds is 2. The number of alkyl halides is 3. The first-order valence-corrected chi connectivity index (χ1v) is 4.96. The van der Waals surface area contributed by atoms with Crippen LogP contribution in [0.3, 0.4) is 0 Å². The number of benzene rings is 1. The summed E-state index contributed by atoms with van der Waals surface area (Å²) < 4.78 is 49.9. The van der Waals surface area contributed by atoms with E-state index >= 15 is 0 Å². The topological polar surface area (TPSA) is 41.8 Å². The zero-order chi connectivity index (χ0) is 12.6. The molecule has 0 aliphatic heterocycles. The summed E-state index contributed by atoms with van der Waals surface area (Å²) in [6, 6.07) is 1.98. The molecule has 1 atom stereocenters. The van der Waals surface area contributed by atoms with Gasteiger partial charge in [-0.2, -0.15) is 13.2 Å². The average Bonchev–Trinajstić information content (AvgIpc) is 2.60. The Bertz CT molecular complexity index is 530. The van der Waals surface area contributed by atoms with Crippen LogP contribution in [0.25, 0.3) is 10.9 Å². The van der Waals surface area contributed by atoms with Crippen LogP contribution in [-0.4, -0.2) is 17.2 Å². The molecule has 0 aliphatic rings. The van der Waals surface area contributed by atoms with Crippen LogP contribution < -0.4 is 5.73 Å². The predicted molar refractivity (Wildman–Crippen MR) is 56.0 cm³/mol. The van der Waals surface area contributed by atoms with Gasteiger partial charge in [-0.05, 0) is 30.2 Å². The Balaban J connectivity index is 2.33. The molecule has 2 rings (SSSR count). The second-order valence-electron chi connectivity index (χ2n) is 3.86. The van der Waals surface area contributed by atoms with Crippen LogP contribution in [0, 0.1) is 5.82 Å². The Morgan fingerprint density at radius 1 is 1.29 bits per heavy atom. The maximum atomic E-state index is 13.0. The van der Waals surface area contributed by atoms with E-state index in [4.69, 9.17) is 5.73 Å². The number of nitrogens with two attached hydrogens (primary N) is 1. The number of halogens is 4. The Morgan fingerprint density at radius 3 is 2.65 bits per heavy atom. The van der Waals surface area contributed by atoms with E-state index in [-0.39, 0.29) is 6.42 Å². The summed E-state index contributed by atoms with van der Waals surface area (Å²) in [7, 11) is 0. The molecule has 1 unspecified atom stereocenters. The molecule has 0 spiro atoms. The van der Waals surface area contributed by atoms with Gasteiger partial charge in [0.2, 0.25) is 0 Å². The fraction of sp³-hybridized carbons (Fsp3) is 0.273. The standard InChI is InChI=1S/C11H10F4N2/c12-7-1-2-9-8(4-7)6(5-17-9)3-10(16)11(13,14)15/h1-2,4-5,10,17H,3,16H2. The van der Waals surface area contributed by atoms with E-state index in [1.165, 1.54) is 24.4 Å². The minimum atomic E-state index is -4.45. The van der Waals surface area contributed by atoms with Gasteiger partial charge in [0.05, 0.1) is 0 Å². The SMILES string of the molecule is NC(Cc1c[nH]c2ccc(F)cc12)C(F)(F)F. The molecule has 0 amide bonds. The molecule has 0 aliphatic carbocycles.